The number of hydrogen-bond acceptors (Lipinski definition) is 2. The fraction of sp³-hybridized carbons (Fsp3) is 0.357. The van der Waals surface area contributed by atoms with Crippen molar-refractivity contribution in [1.82, 2.24) is 0 Å². The number of ether oxygens (including phenoxy) is 1. The van der Waals surface area contributed by atoms with Crippen LogP contribution >= 0.6 is 0 Å². The van der Waals surface area contributed by atoms with Gasteiger partial charge in [-0.15, -0.1) is 0 Å². The molecule has 0 unspecified atom stereocenters. The fourth-order valence-electron chi connectivity index (χ4n) is 1.51. The molecule has 0 saturated heterocycles. The van der Waals surface area contributed by atoms with Crippen LogP contribution in [-0.4, -0.2) is 6.47 Å². The minimum Gasteiger partial charge on any atom is -0.428 e. The van der Waals surface area contributed by atoms with Crippen molar-refractivity contribution in [2.75, 3.05) is 0 Å². The van der Waals surface area contributed by atoms with Crippen LogP contribution in [0.15, 0.2) is 23.8 Å². The lowest BCUT2D eigenvalue weighted by molar-refractivity contribution is -0.120. The lowest BCUT2D eigenvalue weighted by atomic mass is 9.99. The van der Waals surface area contributed by atoms with Gasteiger partial charge in [0.15, 0.2) is 0 Å². The molecule has 0 radical (unpaired) electrons. The Labute approximate surface area is 96.9 Å². The monoisotopic (exact) mass is 218 g/mol. The number of hydrogen-bond donors (Lipinski definition) is 0. The van der Waals surface area contributed by atoms with E-state index in [-0.39, 0.29) is 0 Å². The smallest absolute Gasteiger partial charge is 0.298 e. The van der Waals surface area contributed by atoms with Crippen molar-refractivity contribution in [3.63, 3.8) is 0 Å². The normalized spacial score (nSPS) is 10.1. The zero-order valence-electron chi connectivity index (χ0n) is 10.3. The maximum Gasteiger partial charge on any atom is 0.298 e. The molecule has 0 aliphatic heterocycles. The standard InChI is InChI=1S/C14H18O2/c1-10(2)7-13-8-12(11(3)4)5-6-14(13)16-9-15/h5-9,11H,1-4H3. The first kappa shape index (κ1) is 12.5. The van der Waals surface area contributed by atoms with Crippen molar-refractivity contribution in [3.05, 3.63) is 34.9 Å². The molecule has 86 valence electrons. The highest BCUT2D eigenvalue weighted by molar-refractivity contribution is 5.63. The van der Waals surface area contributed by atoms with Gasteiger partial charge in [0.25, 0.3) is 6.47 Å². The van der Waals surface area contributed by atoms with Gasteiger partial charge in [0.1, 0.15) is 5.75 Å². The van der Waals surface area contributed by atoms with Gasteiger partial charge in [-0.1, -0.05) is 31.6 Å². The fourth-order valence-corrected chi connectivity index (χ4v) is 1.51. The summed E-state index contributed by atoms with van der Waals surface area (Å²) in [6, 6.07) is 5.90. The van der Waals surface area contributed by atoms with Crippen LogP contribution in [0.2, 0.25) is 0 Å². The Morgan fingerprint density at radius 2 is 2.00 bits per heavy atom. The highest BCUT2D eigenvalue weighted by Crippen LogP contribution is 2.26. The molecule has 0 fully saturated rings. The molecule has 2 heteroatoms. The van der Waals surface area contributed by atoms with Gasteiger partial charge in [-0.25, -0.2) is 0 Å². The van der Waals surface area contributed by atoms with E-state index in [9.17, 15) is 4.79 Å². The number of carbonyl (C=O) groups excluding carboxylic acids is 1. The van der Waals surface area contributed by atoms with Gasteiger partial charge in [0.05, 0.1) is 0 Å². The molecule has 0 saturated carbocycles. The summed E-state index contributed by atoms with van der Waals surface area (Å²) in [6.45, 7) is 8.79. The predicted molar refractivity (Wildman–Crippen MR) is 66.5 cm³/mol. The molecule has 0 aromatic heterocycles. The maximum atomic E-state index is 10.4. The van der Waals surface area contributed by atoms with Crippen molar-refractivity contribution in [2.45, 2.75) is 33.6 Å². The van der Waals surface area contributed by atoms with Gasteiger partial charge >= 0.3 is 0 Å². The van der Waals surface area contributed by atoms with E-state index >= 15 is 0 Å². The van der Waals surface area contributed by atoms with Crippen LogP contribution in [0.1, 0.15) is 44.7 Å². The first-order valence-corrected chi connectivity index (χ1v) is 5.43. The van der Waals surface area contributed by atoms with E-state index in [1.54, 1.807) is 0 Å². The molecule has 2 nitrogen and oxygen atoms in total. The second-order valence-corrected chi connectivity index (χ2v) is 4.39. The third-order valence-electron chi connectivity index (χ3n) is 2.32. The zero-order valence-corrected chi connectivity index (χ0v) is 10.3. The summed E-state index contributed by atoms with van der Waals surface area (Å²) in [5.74, 6) is 1.08. The molecule has 0 bridgehead atoms. The molecule has 1 aromatic rings. The highest BCUT2D eigenvalue weighted by Gasteiger charge is 2.05. The molecule has 1 aromatic carbocycles. The first-order chi connectivity index (χ1) is 7.54. The molecule has 0 aliphatic rings. The van der Waals surface area contributed by atoms with Crippen molar-refractivity contribution in [3.8, 4) is 5.75 Å². The first-order valence-electron chi connectivity index (χ1n) is 5.43. The van der Waals surface area contributed by atoms with Crippen molar-refractivity contribution in [2.24, 2.45) is 0 Å². The summed E-state index contributed by atoms with van der Waals surface area (Å²) in [4.78, 5) is 10.4. The highest BCUT2D eigenvalue weighted by atomic mass is 16.5. The molecule has 0 N–H and O–H groups in total. The van der Waals surface area contributed by atoms with Crippen LogP contribution < -0.4 is 4.74 Å². The van der Waals surface area contributed by atoms with Crippen LogP contribution in [0, 0.1) is 0 Å². The molecule has 0 atom stereocenters. The second-order valence-electron chi connectivity index (χ2n) is 4.39. The Kier molecular flexibility index (Phi) is 4.29. The minimum absolute atomic E-state index is 0.465. The lowest BCUT2D eigenvalue weighted by Gasteiger charge is -2.10. The third kappa shape index (κ3) is 3.23. The number of allylic oxidation sites excluding steroid dienone is 1. The predicted octanol–water partition coefficient (Wildman–Crippen LogP) is 3.77. The number of benzene rings is 1. The molecule has 0 spiro atoms. The van der Waals surface area contributed by atoms with Crippen LogP contribution in [0.3, 0.4) is 0 Å². The topological polar surface area (TPSA) is 26.3 Å². The molecular formula is C14H18O2. The quantitative estimate of drug-likeness (QED) is 0.719. The van der Waals surface area contributed by atoms with E-state index in [4.69, 9.17) is 4.74 Å². The van der Waals surface area contributed by atoms with Crippen molar-refractivity contribution in [1.29, 1.82) is 0 Å². The average molecular weight is 218 g/mol. The van der Waals surface area contributed by atoms with Crippen LogP contribution in [0.5, 0.6) is 5.75 Å². The Hall–Kier alpha value is -1.57. The molecule has 0 amide bonds. The Morgan fingerprint density at radius 3 is 2.50 bits per heavy atom. The van der Waals surface area contributed by atoms with Crippen LogP contribution in [0.4, 0.5) is 0 Å². The van der Waals surface area contributed by atoms with E-state index in [2.05, 4.69) is 19.9 Å². The minimum atomic E-state index is 0.465. The summed E-state index contributed by atoms with van der Waals surface area (Å²) in [6.07, 6.45) is 2.02. The van der Waals surface area contributed by atoms with Gasteiger partial charge in [-0.3, -0.25) is 4.79 Å². The summed E-state index contributed by atoms with van der Waals surface area (Å²) in [5, 5.41) is 0. The van der Waals surface area contributed by atoms with Gasteiger partial charge < -0.3 is 4.74 Å². The number of carbonyl (C=O) groups is 1. The molecule has 16 heavy (non-hydrogen) atoms. The van der Waals surface area contributed by atoms with E-state index in [0.29, 0.717) is 18.1 Å². The van der Waals surface area contributed by atoms with Crippen molar-refractivity contribution < 1.29 is 9.53 Å². The van der Waals surface area contributed by atoms with E-state index < -0.39 is 0 Å². The Bertz CT molecular complexity index is 399. The van der Waals surface area contributed by atoms with Gasteiger partial charge in [0, 0.05) is 5.56 Å². The number of rotatable bonds is 4. The average Bonchev–Trinajstić information content (AvgIpc) is 2.19. The summed E-state index contributed by atoms with van der Waals surface area (Å²) in [5.41, 5.74) is 3.38. The largest absolute Gasteiger partial charge is 0.428 e. The summed E-state index contributed by atoms with van der Waals surface area (Å²) < 4.78 is 4.95. The second kappa shape index (κ2) is 5.50. The van der Waals surface area contributed by atoms with Gasteiger partial charge in [-0.05, 0) is 37.5 Å². The molecule has 0 aliphatic carbocycles. The lowest BCUT2D eigenvalue weighted by Crippen LogP contribution is -1.94. The molecule has 1 rings (SSSR count). The third-order valence-corrected chi connectivity index (χ3v) is 2.32. The Morgan fingerprint density at radius 1 is 1.31 bits per heavy atom. The van der Waals surface area contributed by atoms with Gasteiger partial charge in [0.2, 0.25) is 0 Å². The van der Waals surface area contributed by atoms with E-state index in [0.717, 1.165) is 5.56 Å². The summed E-state index contributed by atoms with van der Waals surface area (Å²) in [7, 11) is 0. The molecular weight excluding hydrogens is 200 g/mol. The van der Waals surface area contributed by atoms with Gasteiger partial charge in [-0.2, -0.15) is 0 Å². The van der Waals surface area contributed by atoms with E-state index in [1.807, 2.05) is 32.1 Å². The van der Waals surface area contributed by atoms with E-state index in [1.165, 1.54) is 11.1 Å². The maximum absolute atomic E-state index is 10.4. The molecule has 0 heterocycles. The zero-order chi connectivity index (χ0) is 12.1. The van der Waals surface area contributed by atoms with Crippen LogP contribution in [0.25, 0.3) is 6.08 Å². The van der Waals surface area contributed by atoms with Crippen molar-refractivity contribution >= 4 is 12.5 Å². The SMILES string of the molecule is CC(C)=Cc1cc(C(C)C)ccc1OC=O. The summed E-state index contributed by atoms with van der Waals surface area (Å²) >= 11 is 0. The Balaban J connectivity index is 3.20. The van der Waals surface area contributed by atoms with Crippen LogP contribution in [-0.2, 0) is 4.79 Å².